The van der Waals surface area contributed by atoms with Crippen molar-refractivity contribution in [2.75, 3.05) is 14.1 Å². The highest BCUT2D eigenvalue weighted by Crippen LogP contribution is 2.33. The van der Waals surface area contributed by atoms with Crippen molar-refractivity contribution in [1.82, 2.24) is 25.4 Å². The Morgan fingerprint density at radius 3 is 2.65 bits per heavy atom. The number of imide groups is 1. The fourth-order valence-corrected chi connectivity index (χ4v) is 4.79. The largest absolute Gasteiger partial charge is 0.327 e. The summed E-state index contributed by atoms with van der Waals surface area (Å²) in [4.78, 5) is 32.4. The number of hydrogen-bond donors (Lipinski definition) is 2. The Kier molecular flexibility index (Phi) is 5.84. The number of thioether (sulfide) groups is 1. The summed E-state index contributed by atoms with van der Waals surface area (Å²) in [6.07, 6.45) is 2.47. The van der Waals surface area contributed by atoms with E-state index in [-0.39, 0.29) is 35.6 Å². The summed E-state index contributed by atoms with van der Waals surface area (Å²) in [5.41, 5.74) is 0.982. The van der Waals surface area contributed by atoms with E-state index >= 15 is 0 Å². The van der Waals surface area contributed by atoms with E-state index in [9.17, 15) is 9.59 Å². The minimum absolute atomic E-state index is 0.0592. The van der Waals surface area contributed by atoms with Crippen molar-refractivity contribution in [2.45, 2.75) is 43.7 Å². The van der Waals surface area contributed by atoms with Crippen molar-refractivity contribution in [3.05, 3.63) is 30.1 Å². The van der Waals surface area contributed by atoms with Crippen molar-refractivity contribution in [3.63, 3.8) is 0 Å². The van der Waals surface area contributed by atoms with Gasteiger partial charge in [-0.2, -0.15) is 0 Å². The average Bonchev–Trinajstić information content (AvgIpc) is 2.63. The maximum Gasteiger partial charge on any atom is 0.327 e. The Labute approximate surface area is 158 Å². The van der Waals surface area contributed by atoms with E-state index in [1.54, 1.807) is 37.0 Å². The lowest BCUT2D eigenvalue weighted by Crippen LogP contribution is -2.74. The molecule has 2 aliphatic heterocycles. The summed E-state index contributed by atoms with van der Waals surface area (Å²) in [7, 11) is 3.31. The molecule has 2 aliphatic rings. The number of nitrogens with zero attached hydrogens (tertiary/aromatic N) is 3. The molecule has 2 saturated heterocycles. The predicted molar refractivity (Wildman–Crippen MR) is 102 cm³/mol. The quantitative estimate of drug-likeness (QED) is 0.813. The van der Waals surface area contributed by atoms with E-state index < -0.39 is 0 Å². The normalized spacial score (nSPS) is 29.3. The highest BCUT2D eigenvalue weighted by molar-refractivity contribution is 7.99. The van der Waals surface area contributed by atoms with Gasteiger partial charge in [-0.3, -0.25) is 25.3 Å². The second kappa shape index (κ2) is 7.94. The van der Waals surface area contributed by atoms with Gasteiger partial charge in [-0.05, 0) is 24.5 Å². The molecule has 3 heterocycles. The number of hydrogen-bond acceptors (Lipinski definition) is 6. The fourth-order valence-electron chi connectivity index (χ4n) is 3.53. The van der Waals surface area contributed by atoms with Crippen LogP contribution in [0.5, 0.6) is 0 Å². The highest BCUT2D eigenvalue weighted by atomic mass is 32.2. The summed E-state index contributed by atoms with van der Waals surface area (Å²) in [6, 6.07) is 5.59. The van der Waals surface area contributed by atoms with E-state index in [1.165, 1.54) is 4.90 Å². The molecule has 142 valence electrons. The smallest absolute Gasteiger partial charge is 0.311 e. The number of pyridine rings is 1. The van der Waals surface area contributed by atoms with Gasteiger partial charge in [0.25, 0.3) is 0 Å². The summed E-state index contributed by atoms with van der Waals surface area (Å²) in [5.74, 6) is 0.741. The van der Waals surface area contributed by atoms with Crippen LogP contribution in [0.25, 0.3) is 0 Å². The van der Waals surface area contributed by atoms with Gasteiger partial charge in [0.05, 0.1) is 29.3 Å². The van der Waals surface area contributed by atoms with Gasteiger partial charge in [0.2, 0.25) is 5.91 Å². The third-order valence-electron chi connectivity index (χ3n) is 4.87. The van der Waals surface area contributed by atoms with E-state index in [1.807, 2.05) is 18.2 Å². The first kappa shape index (κ1) is 19.1. The van der Waals surface area contributed by atoms with E-state index in [4.69, 9.17) is 0 Å². The molecule has 8 heteroatoms. The maximum atomic E-state index is 12.8. The number of carbonyl (C=O) groups is 2. The molecule has 0 bridgehead atoms. The molecule has 0 radical (unpaired) electrons. The van der Waals surface area contributed by atoms with Gasteiger partial charge in [0.15, 0.2) is 0 Å². The fraction of sp³-hybridized carbons (Fsp3) is 0.611. The molecule has 4 atom stereocenters. The second-order valence-corrected chi connectivity index (χ2v) is 8.46. The average molecular weight is 378 g/mol. The lowest BCUT2D eigenvalue weighted by atomic mass is 9.95. The zero-order valence-corrected chi connectivity index (χ0v) is 16.5. The molecule has 2 N–H and O–H groups in total. The Hall–Kier alpha value is -1.64. The van der Waals surface area contributed by atoms with Gasteiger partial charge in [-0.15, -0.1) is 11.8 Å². The van der Waals surface area contributed by atoms with Crippen molar-refractivity contribution < 1.29 is 9.59 Å². The van der Waals surface area contributed by atoms with E-state index in [0.29, 0.717) is 11.7 Å². The standard InChI is InChI=1S/C18H27N5O2S/c1-11(2)9-13-20-15-14(17(24)23(4)18(25)22(15)3)16(21-13)26-10-12-7-5-6-8-19-12/h5-8,11,13-16,20-21H,9-10H2,1-4H3. The minimum Gasteiger partial charge on any atom is -0.311 e. The third-order valence-corrected chi connectivity index (χ3v) is 6.12. The Balaban J connectivity index is 1.81. The highest BCUT2D eigenvalue weighted by Gasteiger charge is 2.50. The first-order chi connectivity index (χ1) is 12.4. The molecule has 0 saturated carbocycles. The first-order valence-electron chi connectivity index (χ1n) is 8.96. The van der Waals surface area contributed by atoms with Crippen LogP contribution in [0, 0.1) is 11.8 Å². The Bertz CT molecular complexity index is 656. The number of rotatable bonds is 5. The number of fused-ring (bicyclic) bond motifs is 1. The van der Waals surface area contributed by atoms with Crippen molar-refractivity contribution in [3.8, 4) is 0 Å². The molecule has 2 fully saturated rings. The number of urea groups is 1. The number of amides is 3. The lowest BCUT2D eigenvalue weighted by molar-refractivity contribution is -0.140. The molecule has 0 aromatic carbocycles. The molecule has 26 heavy (non-hydrogen) atoms. The summed E-state index contributed by atoms with van der Waals surface area (Å²) in [6.45, 7) is 4.33. The lowest BCUT2D eigenvalue weighted by Gasteiger charge is -2.50. The monoisotopic (exact) mass is 377 g/mol. The van der Waals surface area contributed by atoms with Crippen LogP contribution in [0.1, 0.15) is 26.0 Å². The van der Waals surface area contributed by atoms with Gasteiger partial charge in [0.1, 0.15) is 0 Å². The van der Waals surface area contributed by atoms with Crippen molar-refractivity contribution in [2.24, 2.45) is 11.8 Å². The molecule has 1 aromatic rings. The molecule has 3 amide bonds. The van der Waals surface area contributed by atoms with Crippen LogP contribution in [0.15, 0.2) is 24.4 Å². The molecular formula is C18H27N5O2S. The molecule has 1 aromatic heterocycles. The Morgan fingerprint density at radius 2 is 2.00 bits per heavy atom. The van der Waals surface area contributed by atoms with Gasteiger partial charge in [-0.25, -0.2) is 4.79 Å². The van der Waals surface area contributed by atoms with Crippen LogP contribution in [0.3, 0.4) is 0 Å². The molecule has 4 unspecified atom stereocenters. The van der Waals surface area contributed by atoms with Crippen LogP contribution in [0.4, 0.5) is 4.79 Å². The SMILES string of the molecule is CC(C)CC1NC(SCc2ccccn2)C2C(=O)N(C)C(=O)N(C)C2N1. The van der Waals surface area contributed by atoms with Crippen molar-refractivity contribution >= 4 is 23.7 Å². The second-order valence-electron chi connectivity index (χ2n) is 7.33. The zero-order valence-electron chi connectivity index (χ0n) is 15.7. The topological polar surface area (TPSA) is 77.6 Å². The molecule has 0 aliphatic carbocycles. The van der Waals surface area contributed by atoms with Gasteiger partial charge in [-0.1, -0.05) is 19.9 Å². The van der Waals surface area contributed by atoms with Crippen LogP contribution in [-0.4, -0.2) is 58.5 Å². The van der Waals surface area contributed by atoms with Crippen LogP contribution >= 0.6 is 11.8 Å². The van der Waals surface area contributed by atoms with Gasteiger partial charge < -0.3 is 4.90 Å². The minimum atomic E-state index is -0.333. The predicted octanol–water partition coefficient (Wildman–Crippen LogP) is 1.67. The van der Waals surface area contributed by atoms with E-state index in [2.05, 4.69) is 29.5 Å². The van der Waals surface area contributed by atoms with Crippen LogP contribution in [0.2, 0.25) is 0 Å². The van der Waals surface area contributed by atoms with Crippen LogP contribution in [-0.2, 0) is 10.5 Å². The van der Waals surface area contributed by atoms with Crippen LogP contribution < -0.4 is 10.6 Å². The van der Waals surface area contributed by atoms with Gasteiger partial charge in [0, 0.05) is 26.0 Å². The molecular weight excluding hydrogens is 350 g/mol. The summed E-state index contributed by atoms with van der Waals surface area (Å²) >= 11 is 1.68. The van der Waals surface area contributed by atoms with Crippen molar-refractivity contribution in [1.29, 1.82) is 0 Å². The zero-order chi connectivity index (χ0) is 18.8. The summed E-state index contributed by atoms with van der Waals surface area (Å²) < 4.78 is 0. The third kappa shape index (κ3) is 3.87. The molecule has 3 rings (SSSR count). The van der Waals surface area contributed by atoms with E-state index in [0.717, 1.165) is 12.1 Å². The number of aromatic nitrogens is 1. The molecule has 0 spiro atoms. The molecule has 7 nitrogen and oxygen atoms in total. The number of carbonyl (C=O) groups excluding carboxylic acids is 2. The van der Waals surface area contributed by atoms with Gasteiger partial charge >= 0.3 is 6.03 Å². The Morgan fingerprint density at radius 1 is 1.23 bits per heavy atom. The maximum absolute atomic E-state index is 12.8. The summed E-state index contributed by atoms with van der Waals surface area (Å²) in [5, 5.41) is 6.96. The number of nitrogens with one attached hydrogen (secondary N) is 2. The first-order valence-corrected chi connectivity index (χ1v) is 10.0.